The molecule has 3 N–H and O–H groups in total. The molecule has 0 saturated heterocycles. The van der Waals surface area contributed by atoms with Crippen molar-refractivity contribution in [2.24, 2.45) is 0 Å². The summed E-state index contributed by atoms with van der Waals surface area (Å²) in [5.74, 6) is 0. The van der Waals surface area contributed by atoms with Crippen molar-refractivity contribution in [3.63, 3.8) is 0 Å². The van der Waals surface area contributed by atoms with Crippen LogP contribution >= 0.6 is 0 Å². The molecule has 0 radical (unpaired) electrons. The molecular weight excluding hydrogens is 320 g/mol. The van der Waals surface area contributed by atoms with E-state index in [-0.39, 0.29) is 0 Å². The predicted octanol–water partition coefficient (Wildman–Crippen LogP) is 2.31. The third-order valence-corrected chi connectivity index (χ3v) is 4.13. The van der Waals surface area contributed by atoms with E-state index in [9.17, 15) is 14.4 Å². The second kappa shape index (κ2) is 7.59. The molecule has 7 heteroatoms. The Bertz CT molecular complexity index is 760. The molecule has 3 heterocycles. The van der Waals surface area contributed by atoms with Crippen molar-refractivity contribution in [1.29, 1.82) is 0 Å². The smallest absolute Gasteiger partial charge is 0.151 e. The van der Waals surface area contributed by atoms with Crippen LogP contribution in [0.4, 0.5) is 0 Å². The summed E-state index contributed by atoms with van der Waals surface area (Å²) in [5, 5.41) is 0. The molecule has 0 bridgehead atoms. The number of aromatic amines is 3. The van der Waals surface area contributed by atoms with Gasteiger partial charge in [0.15, 0.2) is 18.9 Å². The fourth-order valence-electron chi connectivity index (χ4n) is 2.83. The lowest BCUT2D eigenvalue weighted by molar-refractivity contribution is 0.111. The first-order chi connectivity index (χ1) is 12.2. The number of carbonyl (C=O) groups excluding carboxylic acids is 3. The largest absolute Gasteiger partial charge is 0.363 e. The summed E-state index contributed by atoms with van der Waals surface area (Å²) in [5.41, 5.74) is 4.13. The van der Waals surface area contributed by atoms with Crippen molar-refractivity contribution in [1.82, 2.24) is 19.9 Å². The zero-order valence-electron chi connectivity index (χ0n) is 13.5. The maximum absolute atomic E-state index is 11.2. The lowest BCUT2D eigenvalue weighted by Gasteiger charge is -2.22. The zero-order chi connectivity index (χ0) is 17.6. The summed E-state index contributed by atoms with van der Waals surface area (Å²) in [7, 11) is 0. The molecule has 0 saturated carbocycles. The van der Waals surface area contributed by atoms with E-state index >= 15 is 0 Å². The van der Waals surface area contributed by atoms with Crippen LogP contribution in [0.25, 0.3) is 0 Å². The molecule has 0 atom stereocenters. The highest BCUT2D eigenvalue weighted by atomic mass is 16.1. The second-order valence-electron chi connectivity index (χ2n) is 5.73. The molecule has 0 fully saturated rings. The minimum absolute atomic E-state index is 0.468. The van der Waals surface area contributed by atoms with E-state index in [0.29, 0.717) is 36.3 Å². The van der Waals surface area contributed by atoms with Crippen LogP contribution in [0.15, 0.2) is 36.8 Å². The molecule has 3 rings (SSSR count). The van der Waals surface area contributed by atoms with Gasteiger partial charge in [-0.3, -0.25) is 19.3 Å². The Balaban J connectivity index is 1.86. The summed E-state index contributed by atoms with van der Waals surface area (Å²) in [6.07, 6.45) is 7.57. The van der Waals surface area contributed by atoms with Crippen LogP contribution in [-0.4, -0.2) is 38.7 Å². The average Bonchev–Trinajstić information content (AvgIpc) is 3.35. The van der Waals surface area contributed by atoms with E-state index in [1.807, 2.05) is 4.90 Å². The predicted molar refractivity (Wildman–Crippen MR) is 91.5 cm³/mol. The highest BCUT2D eigenvalue weighted by molar-refractivity contribution is 5.77. The SMILES string of the molecule is O=Cc1cc[nH]c1CN(Cc1[nH]ccc1C=O)Cc1[nH]ccc1C=O. The third-order valence-electron chi connectivity index (χ3n) is 4.13. The van der Waals surface area contributed by atoms with E-state index in [2.05, 4.69) is 15.0 Å². The minimum atomic E-state index is 0.468. The van der Waals surface area contributed by atoms with Crippen LogP contribution in [0.2, 0.25) is 0 Å². The highest BCUT2D eigenvalue weighted by Gasteiger charge is 2.16. The molecule has 0 aliphatic heterocycles. The number of nitrogens with one attached hydrogen (secondary N) is 3. The number of H-pyrrole nitrogens is 3. The fourth-order valence-corrected chi connectivity index (χ4v) is 2.83. The number of hydrogen-bond donors (Lipinski definition) is 3. The van der Waals surface area contributed by atoms with E-state index in [4.69, 9.17) is 0 Å². The first-order valence-corrected chi connectivity index (χ1v) is 7.81. The van der Waals surface area contributed by atoms with Gasteiger partial charge in [0.1, 0.15) is 0 Å². The van der Waals surface area contributed by atoms with E-state index in [1.165, 1.54) is 0 Å². The van der Waals surface area contributed by atoms with Crippen LogP contribution in [0.5, 0.6) is 0 Å². The van der Waals surface area contributed by atoms with E-state index in [1.54, 1.807) is 36.8 Å². The van der Waals surface area contributed by atoms with Gasteiger partial charge in [-0.25, -0.2) is 0 Å². The Morgan fingerprint density at radius 2 is 0.960 bits per heavy atom. The maximum Gasteiger partial charge on any atom is 0.151 e. The summed E-state index contributed by atoms with van der Waals surface area (Å²) < 4.78 is 0. The lowest BCUT2D eigenvalue weighted by atomic mass is 10.2. The summed E-state index contributed by atoms with van der Waals surface area (Å²) >= 11 is 0. The second-order valence-corrected chi connectivity index (χ2v) is 5.73. The van der Waals surface area contributed by atoms with Gasteiger partial charge in [0.2, 0.25) is 0 Å². The molecule has 0 aliphatic rings. The summed E-state index contributed by atoms with van der Waals surface area (Å²) in [6.45, 7) is 1.40. The van der Waals surface area contributed by atoms with E-state index in [0.717, 1.165) is 35.9 Å². The maximum atomic E-state index is 11.2. The Morgan fingerprint density at radius 3 is 1.24 bits per heavy atom. The first kappa shape index (κ1) is 16.7. The van der Waals surface area contributed by atoms with Crippen LogP contribution in [0, 0.1) is 0 Å². The molecule has 25 heavy (non-hydrogen) atoms. The summed E-state index contributed by atoms with van der Waals surface area (Å²) in [4.78, 5) is 44.7. The first-order valence-electron chi connectivity index (χ1n) is 7.81. The van der Waals surface area contributed by atoms with Gasteiger partial charge in [0, 0.05) is 72.0 Å². The number of carbonyl (C=O) groups is 3. The Kier molecular flexibility index (Phi) is 5.06. The molecule has 3 aromatic rings. The van der Waals surface area contributed by atoms with Gasteiger partial charge < -0.3 is 15.0 Å². The Morgan fingerprint density at radius 1 is 0.640 bits per heavy atom. The van der Waals surface area contributed by atoms with Gasteiger partial charge in [-0.15, -0.1) is 0 Å². The van der Waals surface area contributed by atoms with Crippen molar-refractivity contribution in [2.45, 2.75) is 19.6 Å². The van der Waals surface area contributed by atoms with Gasteiger partial charge in [-0.05, 0) is 18.2 Å². The molecule has 7 nitrogen and oxygen atoms in total. The van der Waals surface area contributed by atoms with Gasteiger partial charge in [0.25, 0.3) is 0 Å². The van der Waals surface area contributed by atoms with Crippen LogP contribution in [0.3, 0.4) is 0 Å². The van der Waals surface area contributed by atoms with Gasteiger partial charge in [-0.2, -0.15) is 0 Å². The average molecular weight is 338 g/mol. The Labute approximate surface area is 144 Å². The van der Waals surface area contributed by atoms with Crippen molar-refractivity contribution in [3.8, 4) is 0 Å². The molecule has 0 aliphatic carbocycles. The third kappa shape index (κ3) is 3.67. The molecule has 0 unspecified atom stereocenters. The molecule has 3 aromatic heterocycles. The van der Waals surface area contributed by atoms with Crippen molar-refractivity contribution >= 4 is 18.9 Å². The Hall–Kier alpha value is -3.19. The fraction of sp³-hybridized carbons (Fsp3) is 0.167. The van der Waals surface area contributed by atoms with Crippen LogP contribution in [0.1, 0.15) is 48.2 Å². The molecular formula is C18H18N4O3. The molecule has 0 aromatic carbocycles. The quantitative estimate of drug-likeness (QED) is 0.521. The van der Waals surface area contributed by atoms with Crippen molar-refractivity contribution in [2.75, 3.05) is 0 Å². The van der Waals surface area contributed by atoms with Gasteiger partial charge >= 0.3 is 0 Å². The number of aromatic nitrogens is 3. The van der Waals surface area contributed by atoms with Crippen LogP contribution < -0.4 is 0 Å². The van der Waals surface area contributed by atoms with Crippen molar-refractivity contribution < 1.29 is 14.4 Å². The van der Waals surface area contributed by atoms with Gasteiger partial charge in [0.05, 0.1) is 0 Å². The topological polar surface area (TPSA) is 102 Å². The minimum Gasteiger partial charge on any atom is -0.363 e. The van der Waals surface area contributed by atoms with Crippen LogP contribution in [-0.2, 0) is 19.6 Å². The molecule has 0 amide bonds. The molecule has 0 spiro atoms. The number of aldehydes is 3. The van der Waals surface area contributed by atoms with Crippen molar-refractivity contribution in [3.05, 3.63) is 70.6 Å². The molecule has 128 valence electrons. The van der Waals surface area contributed by atoms with Gasteiger partial charge in [-0.1, -0.05) is 0 Å². The normalized spacial score (nSPS) is 10.9. The number of nitrogens with zero attached hydrogens (tertiary/aromatic N) is 1. The lowest BCUT2D eigenvalue weighted by Crippen LogP contribution is -2.24. The zero-order valence-corrected chi connectivity index (χ0v) is 13.5. The summed E-state index contributed by atoms with van der Waals surface area (Å²) in [6, 6.07) is 5.16. The highest BCUT2D eigenvalue weighted by Crippen LogP contribution is 2.17. The monoisotopic (exact) mass is 338 g/mol. The standard InChI is InChI=1S/C18H18N4O3/c23-10-13-1-4-19-16(13)7-22(8-17-14(11-24)2-5-20-17)9-18-15(12-25)3-6-21-18/h1-6,10-12,19-21H,7-9H2. The number of rotatable bonds is 9. The number of hydrogen-bond acceptors (Lipinski definition) is 4. The van der Waals surface area contributed by atoms with E-state index < -0.39 is 0 Å².